The van der Waals surface area contributed by atoms with Crippen LogP contribution in [0.4, 0.5) is 4.79 Å². The van der Waals surface area contributed by atoms with Gasteiger partial charge in [0.2, 0.25) is 0 Å². The zero-order valence-electron chi connectivity index (χ0n) is 18.4. The van der Waals surface area contributed by atoms with E-state index in [0.717, 1.165) is 5.56 Å². The van der Waals surface area contributed by atoms with Crippen molar-refractivity contribution in [3.8, 4) is 0 Å². The number of benzene rings is 2. The summed E-state index contributed by atoms with van der Waals surface area (Å²) < 4.78 is 17.7. The highest BCUT2D eigenvalue weighted by Gasteiger charge is 2.55. The smallest absolute Gasteiger partial charge is 0.410 e. The van der Waals surface area contributed by atoms with Crippen molar-refractivity contribution >= 4 is 17.9 Å². The lowest BCUT2D eigenvalue weighted by atomic mass is 9.82. The number of hydrogen-bond donors (Lipinski definition) is 0. The number of rotatable bonds is 4. The Morgan fingerprint density at radius 2 is 1.58 bits per heavy atom. The van der Waals surface area contributed by atoms with Crippen LogP contribution in [-0.2, 0) is 20.8 Å². The third-order valence-electron chi connectivity index (χ3n) is 6.67. The van der Waals surface area contributed by atoms with Crippen molar-refractivity contribution in [2.75, 3.05) is 32.8 Å². The molecule has 3 amide bonds. The van der Waals surface area contributed by atoms with Gasteiger partial charge < -0.3 is 19.1 Å². The summed E-state index contributed by atoms with van der Waals surface area (Å²) in [6.45, 7) is 3.74. The Morgan fingerprint density at radius 1 is 0.970 bits per heavy atom. The molecule has 0 saturated carbocycles. The van der Waals surface area contributed by atoms with Gasteiger partial charge in [-0.15, -0.1) is 0 Å². The number of imide groups is 1. The van der Waals surface area contributed by atoms with Crippen LogP contribution < -0.4 is 0 Å². The van der Waals surface area contributed by atoms with Crippen LogP contribution in [0.2, 0.25) is 0 Å². The molecular weight excluding hydrogens is 424 g/mol. The summed E-state index contributed by atoms with van der Waals surface area (Å²) >= 11 is 0. The van der Waals surface area contributed by atoms with Gasteiger partial charge >= 0.3 is 6.09 Å². The Balaban J connectivity index is 1.34. The van der Waals surface area contributed by atoms with Gasteiger partial charge in [0.05, 0.1) is 24.3 Å². The molecule has 3 aliphatic heterocycles. The Labute approximate surface area is 192 Å². The number of hydrogen-bond acceptors (Lipinski definition) is 6. The third-order valence-corrected chi connectivity index (χ3v) is 6.67. The monoisotopic (exact) mass is 450 g/mol. The summed E-state index contributed by atoms with van der Waals surface area (Å²) in [6, 6.07) is 16.3. The fraction of sp³-hybridized carbons (Fsp3) is 0.400. The molecule has 2 aromatic rings. The van der Waals surface area contributed by atoms with Crippen LogP contribution in [0.5, 0.6) is 0 Å². The van der Waals surface area contributed by atoms with Crippen LogP contribution in [0.25, 0.3) is 0 Å². The van der Waals surface area contributed by atoms with E-state index in [4.69, 9.17) is 14.2 Å². The Morgan fingerprint density at radius 3 is 2.21 bits per heavy atom. The van der Waals surface area contributed by atoms with Crippen molar-refractivity contribution in [2.24, 2.45) is 11.8 Å². The van der Waals surface area contributed by atoms with Crippen molar-refractivity contribution in [3.05, 3.63) is 71.3 Å². The molecule has 3 aliphatic rings. The van der Waals surface area contributed by atoms with Crippen molar-refractivity contribution in [2.45, 2.75) is 19.3 Å². The first-order valence-electron chi connectivity index (χ1n) is 11.2. The first-order valence-corrected chi connectivity index (χ1v) is 11.2. The molecule has 2 unspecified atom stereocenters. The van der Waals surface area contributed by atoms with Crippen LogP contribution in [0.3, 0.4) is 0 Å². The van der Waals surface area contributed by atoms with E-state index in [1.165, 1.54) is 4.90 Å². The minimum Gasteiger partial charge on any atom is -0.445 e. The van der Waals surface area contributed by atoms with E-state index < -0.39 is 17.8 Å². The number of piperidine rings is 1. The molecule has 8 nitrogen and oxygen atoms in total. The van der Waals surface area contributed by atoms with E-state index >= 15 is 0 Å². The highest BCUT2D eigenvalue weighted by atomic mass is 16.7. The molecule has 0 aliphatic carbocycles. The maximum absolute atomic E-state index is 13.0. The standard InChI is InChI=1S/C25H26N2O6/c1-17-13-26(24(30)31-16-18-7-3-2-4-8-18)14-19(25(17)32-11-12-33-25)15-27-22(28)20-9-5-6-10-21(20)23(27)29/h2-10,17,19H,11-16H2,1H3. The number of nitrogens with zero attached hydrogens (tertiary/aromatic N) is 2. The minimum absolute atomic E-state index is 0.0964. The Hall–Kier alpha value is -3.23. The van der Waals surface area contributed by atoms with Crippen molar-refractivity contribution in [3.63, 3.8) is 0 Å². The average molecular weight is 450 g/mol. The number of amides is 3. The van der Waals surface area contributed by atoms with Gasteiger partial charge in [-0.2, -0.15) is 0 Å². The van der Waals surface area contributed by atoms with Gasteiger partial charge in [0.1, 0.15) is 6.61 Å². The maximum Gasteiger partial charge on any atom is 0.410 e. The molecule has 0 radical (unpaired) electrons. The van der Waals surface area contributed by atoms with E-state index in [0.29, 0.717) is 30.9 Å². The molecule has 8 heteroatoms. The molecule has 3 heterocycles. The van der Waals surface area contributed by atoms with E-state index in [2.05, 4.69) is 0 Å². The van der Waals surface area contributed by atoms with Crippen LogP contribution in [0.1, 0.15) is 33.2 Å². The Bertz CT molecular complexity index is 1030. The van der Waals surface area contributed by atoms with E-state index in [1.807, 2.05) is 37.3 Å². The largest absolute Gasteiger partial charge is 0.445 e. The van der Waals surface area contributed by atoms with Crippen LogP contribution in [0.15, 0.2) is 54.6 Å². The van der Waals surface area contributed by atoms with Gasteiger partial charge in [0.15, 0.2) is 5.79 Å². The summed E-state index contributed by atoms with van der Waals surface area (Å²) in [7, 11) is 0. The molecule has 5 rings (SSSR count). The van der Waals surface area contributed by atoms with Crippen LogP contribution >= 0.6 is 0 Å². The Kier molecular flexibility index (Phi) is 5.64. The SMILES string of the molecule is CC1CN(C(=O)OCc2ccccc2)CC(CN2C(=O)c3ccccc3C2=O)C12OCCO2. The van der Waals surface area contributed by atoms with Gasteiger partial charge in [-0.05, 0) is 17.7 Å². The van der Waals surface area contributed by atoms with Crippen LogP contribution in [0, 0.1) is 11.8 Å². The second kappa shape index (κ2) is 8.61. The zero-order valence-corrected chi connectivity index (χ0v) is 18.4. The number of carbonyl (C=O) groups is 3. The molecule has 33 heavy (non-hydrogen) atoms. The molecular formula is C25H26N2O6. The van der Waals surface area contributed by atoms with E-state index in [1.54, 1.807) is 29.2 Å². The second-order valence-electron chi connectivity index (χ2n) is 8.73. The summed E-state index contributed by atoms with van der Waals surface area (Å²) in [5.74, 6) is -2.19. The third kappa shape index (κ3) is 3.79. The number of ether oxygens (including phenoxy) is 3. The number of likely N-dealkylation sites (tertiary alicyclic amines) is 1. The van der Waals surface area contributed by atoms with Crippen LogP contribution in [-0.4, -0.2) is 66.3 Å². The molecule has 0 aromatic heterocycles. The van der Waals surface area contributed by atoms with Gasteiger partial charge in [-0.25, -0.2) is 4.79 Å². The molecule has 0 bridgehead atoms. The molecule has 2 aromatic carbocycles. The van der Waals surface area contributed by atoms with Gasteiger partial charge in [0.25, 0.3) is 11.8 Å². The number of carbonyl (C=O) groups excluding carboxylic acids is 3. The minimum atomic E-state index is -0.953. The molecule has 2 atom stereocenters. The number of fused-ring (bicyclic) bond motifs is 1. The summed E-state index contributed by atoms with van der Waals surface area (Å²) in [5, 5.41) is 0. The summed E-state index contributed by atoms with van der Waals surface area (Å²) in [4.78, 5) is 41.7. The fourth-order valence-electron chi connectivity index (χ4n) is 5.06. The zero-order chi connectivity index (χ0) is 23.0. The van der Waals surface area contributed by atoms with Gasteiger partial charge in [0, 0.05) is 31.5 Å². The van der Waals surface area contributed by atoms with E-state index in [-0.39, 0.29) is 37.4 Å². The molecule has 2 fully saturated rings. The predicted octanol–water partition coefficient (Wildman–Crippen LogP) is 2.93. The predicted molar refractivity (Wildman–Crippen MR) is 117 cm³/mol. The summed E-state index contributed by atoms with van der Waals surface area (Å²) in [6.07, 6.45) is -0.439. The maximum atomic E-state index is 13.0. The second-order valence-corrected chi connectivity index (χ2v) is 8.73. The first-order chi connectivity index (χ1) is 16.0. The molecule has 1 spiro atoms. The lowest BCUT2D eigenvalue weighted by Gasteiger charge is -2.48. The van der Waals surface area contributed by atoms with Crippen molar-refractivity contribution in [1.29, 1.82) is 0 Å². The van der Waals surface area contributed by atoms with E-state index in [9.17, 15) is 14.4 Å². The first kappa shape index (κ1) is 21.6. The summed E-state index contributed by atoms with van der Waals surface area (Å²) in [5.41, 5.74) is 1.69. The highest BCUT2D eigenvalue weighted by molar-refractivity contribution is 6.21. The lowest BCUT2D eigenvalue weighted by Crippen LogP contribution is -2.62. The lowest BCUT2D eigenvalue weighted by molar-refractivity contribution is -0.248. The van der Waals surface area contributed by atoms with Gasteiger partial charge in [-0.1, -0.05) is 49.4 Å². The average Bonchev–Trinajstić information content (AvgIpc) is 3.42. The molecule has 172 valence electrons. The fourth-order valence-corrected chi connectivity index (χ4v) is 5.06. The topological polar surface area (TPSA) is 85.4 Å². The molecule has 2 saturated heterocycles. The highest BCUT2D eigenvalue weighted by Crippen LogP contribution is 2.41. The quantitative estimate of drug-likeness (QED) is 0.666. The normalized spacial score (nSPS) is 23.8. The molecule has 0 N–H and O–H groups in total. The van der Waals surface area contributed by atoms with Crippen molar-refractivity contribution in [1.82, 2.24) is 9.80 Å². The van der Waals surface area contributed by atoms with Gasteiger partial charge in [-0.3, -0.25) is 14.5 Å². The van der Waals surface area contributed by atoms with Crippen molar-refractivity contribution < 1.29 is 28.6 Å².